The molecule has 1 aliphatic rings. The summed E-state index contributed by atoms with van der Waals surface area (Å²) in [5.74, 6) is -0.872. The number of amides is 2. The van der Waals surface area contributed by atoms with Crippen molar-refractivity contribution in [3.63, 3.8) is 0 Å². The molecule has 2 aromatic carbocycles. The fourth-order valence-electron chi connectivity index (χ4n) is 2.91. The second kappa shape index (κ2) is 6.92. The molecule has 2 amide bonds. The zero-order valence-electron chi connectivity index (χ0n) is 14.6. The Balaban J connectivity index is 1.71. The van der Waals surface area contributed by atoms with Gasteiger partial charge in [0, 0.05) is 30.6 Å². The lowest BCUT2D eigenvalue weighted by atomic mass is 10.1. The zero-order valence-corrected chi connectivity index (χ0v) is 15.4. The van der Waals surface area contributed by atoms with Crippen LogP contribution in [0.4, 0.5) is 11.4 Å². The number of carbonyl (C=O) groups excluding carboxylic acids is 2. The lowest BCUT2D eigenvalue weighted by Gasteiger charge is -2.17. The van der Waals surface area contributed by atoms with Crippen LogP contribution in [0.2, 0.25) is 0 Å². The van der Waals surface area contributed by atoms with Crippen LogP contribution in [0.25, 0.3) is 0 Å². The first-order valence-electron chi connectivity index (χ1n) is 8.22. The summed E-state index contributed by atoms with van der Waals surface area (Å²) in [4.78, 5) is 26.5. The molecule has 0 aliphatic carbocycles. The van der Waals surface area contributed by atoms with Gasteiger partial charge in [0.25, 0.3) is 0 Å². The third kappa shape index (κ3) is 3.94. The highest BCUT2D eigenvalue weighted by Crippen LogP contribution is 2.26. The van der Waals surface area contributed by atoms with Crippen molar-refractivity contribution < 1.29 is 18.0 Å². The number of nitrogens with zero attached hydrogens (tertiary/aromatic N) is 1. The molecule has 0 spiro atoms. The van der Waals surface area contributed by atoms with Gasteiger partial charge < -0.3 is 10.2 Å². The second-order valence-corrected chi connectivity index (χ2v) is 8.55. The van der Waals surface area contributed by atoms with Crippen LogP contribution in [-0.2, 0) is 19.4 Å². The third-order valence-corrected chi connectivity index (χ3v) is 5.48. The Labute approximate surface area is 152 Å². The minimum Gasteiger partial charge on any atom is -0.326 e. The Morgan fingerprint density at radius 3 is 2.50 bits per heavy atom. The van der Waals surface area contributed by atoms with Crippen LogP contribution in [0, 0.1) is 12.8 Å². The van der Waals surface area contributed by atoms with Crippen molar-refractivity contribution >= 4 is 33.0 Å². The van der Waals surface area contributed by atoms with E-state index in [1.54, 1.807) is 17.0 Å². The van der Waals surface area contributed by atoms with Crippen LogP contribution in [-0.4, -0.2) is 33.0 Å². The van der Waals surface area contributed by atoms with Crippen LogP contribution < -0.4 is 10.2 Å². The molecule has 7 heteroatoms. The van der Waals surface area contributed by atoms with Crippen molar-refractivity contribution in [2.75, 3.05) is 23.0 Å². The summed E-state index contributed by atoms with van der Waals surface area (Å²) in [7, 11) is -3.35. The first-order valence-corrected chi connectivity index (χ1v) is 10.1. The highest BCUT2D eigenvalue weighted by molar-refractivity contribution is 7.90. The van der Waals surface area contributed by atoms with Crippen molar-refractivity contribution in [3.05, 3.63) is 54.1 Å². The van der Waals surface area contributed by atoms with E-state index in [0.29, 0.717) is 12.2 Å². The van der Waals surface area contributed by atoms with E-state index in [0.717, 1.165) is 17.5 Å². The molecule has 1 fully saturated rings. The van der Waals surface area contributed by atoms with Gasteiger partial charge in [-0.3, -0.25) is 9.59 Å². The van der Waals surface area contributed by atoms with Crippen molar-refractivity contribution in [3.8, 4) is 0 Å². The van der Waals surface area contributed by atoms with Crippen molar-refractivity contribution in [1.29, 1.82) is 0 Å². The molecule has 1 N–H and O–H groups in total. The molecule has 1 atom stereocenters. The average molecular weight is 372 g/mol. The van der Waals surface area contributed by atoms with Gasteiger partial charge in [-0.1, -0.05) is 23.8 Å². The van der Waals surface area contributed by atoms with E-state index in [9.17, 15) is 18.0 Å². The van der Waals surface area contributed by atoms with E-state index in [4.69, 9.17) is 0 Å². The number of aryl methyl sites for hydroxylation is 1. The second-order valence-electron chi connectivity index (χ2n) is 6.53. The fraction of sp³-hybridized carbons (Fsp3) is 0.263. The quantitative estimate of drug-likeness (QED) is 0.893. The number of hydrogen-bond donors (Lipinski definition) is 1. The van der Waals surface area contributed by atoms with E-state index in [1.165, 1.54) is 12.1 Å². The SMILES string of the molecule is Cc1ccc(N2C[C@H](C(=O)Nc3cccc(S(C)(=O)=O)c3)CC2=O)cc1. The van der Waals surface area contributed by atoms with Crippen molar-refractivity contribution in [2.45, 2.75) is 18.2 Å². The van der Waals surface area contributed by atoms with E-state index < -0.39 is 15.8 Å². The van der Waals surface area contributed by atoms with Gasteiger partial charge in [-0.2, -0.15) is 0 Å². The molecule has 1 saturated heterocycles. The van der Waals surface area contributed by atoms with Gasteiger partial charge >= 0.3 is 0 Å². The number of benzene rings is 2. The molecule has 0 unspecified atom stereocenters. The molecule has 0 aromatic heterocycles. The largest absolute Gasteiger partial charge is 0.326 e. The summed E-state index contributed by atoms with van der Waals surface area (Å²) in [6.45, 7) is 2.27. The van der Waals surface area contributed by atoms with Gasteiger partial charge in [-0.05, 0) is 37.3 Å². The first kappa shape index (κ1) is 18.1. The Bertz CT molecular complexity index is 952. The van der Waals surface area contributed by atoms with Crippen LogP contribution in [0.1, 0.15) is 12.0 Å². The van der Waals surface area contributed by atoms with Crippen LogP contribution in [0.5, 0.6) is 0 Å². The molecule has 1 heterocycles. The Hall–Kier alpha value is -2.67. The zero-order chi connectivity index (χ0) is 18.9. The molecule has 0 saturated carbocycles. The number of carbonyl (C=O) groups is 2. The van der Waals surface area contributed by atoms with Crippen LogP contribution in [0.15, 0.2) is 53.4 Å². The summed E-state index contributed by atoms with van der Waals surface area (Å²) in [6.07, 6.45) is 1.24. The molecule has 0 radical (unpaired) electrons. The average Bonchev–Trinajstić information content (AvgIpc) is 2.97. The molecule has 26 heavy (non-hydrogen) atoms. The maximum absolute atomic E-state index is 12.5. The topological polar surface area (TPSA) is 83.6 Å². The van der Waals surface area contributed by atoms with Gasteiger partial charge in [0.05, 0.1) is 10.8 Å². The maximum Gasteiger partial charge on any atom is 0.229 e. The summed E-state index contributed by atoms with van der Waals surface area (Å²) in [5.41, 5.74) is 2.27. The van der Waals surface area contributed by atoms with Crippen LogP contribution in [0.3, 0.4) is 0 Å². The maximum atomic E-state index is 12.5. The number of anilines is 2. The van der Waals surface area contributed by atoms with Gasteiger partial charge in [-0.25, -0.2) is 8.42 Å². The van der Waals surface area contributed by atoms with Crippen LogP contribution >= 0.6 is 0 Å². The smallest absolute Gasteiger partial charge is 0.229 e. The first-order chi connectivity index (χ1) is 12.2. The van der Waals surface area contributed by atoms with E-state index >= 15 is 0 Å². The minimum absolute atomic E-state index is 0.0983. The number of sulfone groups is 1. The Morgan fingerprint density at radius 2 is 1.85 bits per heavy atom. The summed E-state index contributed by atoms with van der Waals surface area (Å²) >= 11 is 0. The minimum atomic E-state index is -3.35. The molecule has 1 aliphatic heterocycles. The Morgan fingerprint density at radius 1 is 1.15 bits per heavy atom. The van der Waals surface area contributed by atoms with Gasteiger partial charge in [0.1, 0.15) is 0 Å². The van der Waals surface area contributed by atoms with Crippen molar-refractivity contribution in [1.82, 2.24) is 0 Å². The Kier molecular flexibility index (Phi) is 4.82. The molecular formula is C19H20N2O4S. The fourth-order valence-corrected chi connectivity index (χ4v) is 3.57. The predicted octanol–water partition coefficient (Wildman–Crippen LogP) is 2.39. The monoisotopic (exact) mass is 372 g/mol. The van der Waals surface area contributed by atoms with Gasteiger partial charge in [0.2, 0.25) is 11.8 Å². The van der Waals surface area contributed by atoms with E-state index in [1.807, 2.05) is 31.2 Å². The van der Waals surface area contributed by atoms with E-state index in [2.05, 4.69) is 5.32 Å². The molecular weight excluding hydrogens is 352 g/mol. The molecule has 2 aromatic rings. The van der Waals surface area contributed by atoms with Gasteiger partial charge in [0.15, 0.2) is 9.84 Å². The molecule has 3 rings (SSSR count). The van der Waals surface area contributed by atoms with Gasteiger partial charge in [-0.15, -0.1) is 0 Å². The normalized spacial score (nSPS) is 17.4. The highest BCUT2D eigenvalue weighted by Gasteiger charge is 2.35. The predicted molar refractivity (Wildman–Crippen MR) is 99.8 cm³/mol. The summed E-state index contributed by atoms with van der Waals surface area (Å²) in [5, 5.41) is 2.72. The summed E-state index contributed by atoms with van der Waals surface area (Å²) in [6, 6.07) is 13.7. The molecule has 6 nitrogen and oxygen atoms in total. The lowest BCUT2D eigenvalue weighted by molar-refractivity contribution is -0.122. The lowest BCUT2D eigenvalue weighted by Crippen LogP contribution is -2.28. The molecule has 0 bridgehead atoms. The van der Waals surface area contributed by atoms with Crippen molar-refractivity contribution in [2.24, 2.45) is 5.92 Å². The molecule has 136 valence electrons. The highest BCUT2D eigenvalue weighted by atomic mass is 32.2. The number of nitrogens with one attached hydrogen (secondary N) is 1. The summed E-state index contributed by atoms with van der Waals surface area (Å²) < 4.78 is 23.3. The standard InChI is InChI=1S/C19H20N2O4S/c1-13-6-8-16(9-7-13)21-12-14(10-18(21)22)19(23)20-15-4-3-5-17(11-15)26(2,24)25/h3-9,11,14H,10,12H2,1-2H3,(H,20,23)/t14-/m1/s1. The number of hydrogen-bond acceptors (Lipinski definition) is 4. The van der Waals surface area contributed by atoms with E-state index in [-0.39, 0.29) is 23.1 Å². The third-order valence-electron chi connectivity index (χ3n) is 4.37. The number of rotatable bonds is 4.